The molecule has 0 bridgehead atoms. The van der Waals surface area contributed by atoms with Crippen molar-refractivity contribution in [2.24, 2.45) is 7.05 Å². The van der Waals surface area contributed by atoms with Gasteiger partial charge >= 0.3 is 0 Å². The van der Waals surface area contributed by atoms with Crippen molar-refractivity contribution < 1.29 is 0 Å². The Bertz CT molecular complexity index is 667. The quantitative estimate of drug-likeness (QED) is 0.899. The molecule has 24 heavy (non-hydrogen) atoms. The number of anilines is 2. The fourth-order valence-corrected chi connectivity index (χ4v) is 3.03. The smallest absolute Gasteiger partial charge is 0.224 e. The van der Waals surface area contributed by atoms with Crippen LogP contribution in [0, 0.1) is 13.8 Å². The van der Waals surface area contributed by atoms with Gasteiger partial charge in [-0.15, -0.1) is 0 Å². The van der Waals surface area contributed by atoms with Crippen LogP contribution in [0.15, 0.2) is 12.1 Å². The van der Waals surface area contributed by atoms with Gasteiger partial charge in [-0.25, -0.2) is 4.98 Å². The van der Waals surface area contributed by atoms with E-state index in [9.17, 15) is 0 Å². The molecule has 0 aromatic carbocycles. The summed E-state index contributed by atoms with van der Waals surface area (Å²) in [5, 5.41) is 7.76. The van der Waals surface area contributed by atoms with Gasteiger partial charge in [-0.2, -0.15) is 10.1 Å². The molecular weight excluding hydrogens is 302 g/mol. The van der Waals surface area contributed by atoms with Gasteiger partial charge in [0.25, 0.3) is 0 Å². The highest BCUT2D eigenvalue weighted by atomic mass is 15.3. The average Bonchev–Trinajstić information content (AvgIpc) is 2.85. The minimum atomic E-state index is 0.721. The SMILES string of the molecule is CCNc1nc(C)cc(N2CCN(Cc3cc(C)n(C)n3)CC2)n1. The number of hydrogen-bond donors (Lipinski definition) is 1. The fourth-order valence-electron chi connectivity index (χ4n) is 3.03. The molecule has 0 aliphatic carbocycles. The summed E-state index contributed by atoms with van der Waals surface area (Å²) in [6, 6.07) is 4.24. The predicted molar refractivity (Wildman–Crippen MR) is 96.4 cm³/mol. The third-order valence-corrected chi connectivity index (χ3v) is 4.42. The summed E-state index contributed by atoms with van der Waals surface area (Å²) in [5.41, 5.74) is 3.36. The first-order valence-corrected chi connectivity index (χ1v) is 8.61. The van der Waals surface area contributed by atoms with E-state index in [1.807, 2.05) is 18.7 Å². The van der Waals surface area contributed by atoms with Crippen LogP contribution in [0.2, 0.25) is 0 Å². The molecule has 1 saturated heterocycles. The standard InChI is InChI=1S/C17H27N7/c1-5-18-17-19-13(2)10-16(20-17)24-8-6-23(7-9-24)12-15-11-14(3)22(4)21-15/h10-11H,5-9,12H2,1-4H3,(H,18,19,20). The van der Waals surface area contributed by atoms with Crippen molar-refractivity contribution in [1.82, 2.24) is 24.6 Å². The second kappa shape index (κ2) is 7.17. The van der Waals surface area contributed by atoms with Crippen LogP contribution in [0.1, 0.15) is 24.0 Å². The van der Waals surface area contributed by atoms with Crippen LogP contribution in [0.5, 0.6) is 0 Å². The molecule has 7 heteroatoms. The first-order chi connectivity index (χ1) is 11.5. The first kappa shape index (κ1) is 16.7. The highest BCUT2D eigenvalue weighted by molar-refractivity contribution is 5.45. The van der Waals surface area contributed by atoms with Crippen LogP contribution in [0.25, 0.3) is 0 Å². The van der Waals surface area contributed by atoms with Crippen molar-refractivity contribution in [1.29, 1.82) is 0 Å². The zero-order valence-corrected chi connectivity index (χ0v) is 15.1. The molecule has 1 N–H and O–H groups in total. The van der Waals surface area contributed by atoms with Gasteiger partial charge in [0.15, 0.2) is 0 Å². The maximum absolute atomic E-state index is 4.64. The topological polar surface area (TPSA) is 62.1 Å². The maximum atomic E-state index is 4.64. The monoisotopic (exact) mass is 329 g/mol. The normalized spacial score (nSPS) is 15.8. The van der Waals surface area contributed by atoms with E-state index in [2.05, 4.69) is 56.2 Å². The molecule has 0 spiro atoms. The van der Waals surface area contributed by atoms with Crippen molar-refractivity contribution >= 4 is 11.8 Å². The van der Waals surface area contributed by atoms with E-state index in [1.54, 1.807) is 0 Å². The summed E-state index contributed by atoms with van der Waals surface area (Å²) in [5.74, 6) is 1.74. The average molecular weight is 329 g/mol. The number of hydrogen-bond acceptors (Lipinski definition) is 6. The zero-order valence-electron chi connectivity index (χ0n) is 15.1. The van der Waals surface area contributed by atoms with E-state index in [4.69, 9.17) is 0 Å². The van der Waals surface area contributed by atoms with Gasteiger partial charge in [0.2, 0.25) is 5.95 Å². The van der Waals surface area contributed by atoms with E-state index in [0.717, 1.165) is 62.4 Å². The lowest BCUT2D eigenvalue weighted by Crippen LogP contribution is -2.46. The fraction of sp³-hybridized carbons (Fsp3) is 0.588. The van der Waals surface area contributed by atoms with E-state index in [1.165, 1.54) is 5.69 Å². The van der Waals surface area contributed by atoms with E-state index < -0.39 is 0 Å². The molecule has 0 atom stereocenters. The predicted octanol–water partition coefficient (Wildman–Crippen LogP) is 1.58. The van der Waals surface area contributed by atoms with Gasteiger partial charge in [0.05, 0.1) is 5.69 Å². The van der Waals surface area contributed by atoms with Gasteiger partial charge in [-0.1, -0.05) is 0 Å². The summed E-state index contributed by atoms with van der Waals surface area (Å²) < 4.78 is 1.94. The highest BCUT2D eigenvalue weighted by Crippen LogP contribution is 2.17. The zero-order chi connectivity index (χ0) is 17.1. The summed E-state index contributed by atoms with van der Waals surface area (Å²) in [6.07, 6.45) is 0. The van der Waals surface area contributed by atoms with Crippen LogP contribution in [0.4, 0.5) is 11.8 Å². The summed E-state index contributed by atoms with van der Waals surface area (Å²) in [4.78, 5) is 13.9. The van der Waals surface area contributed by atoms with Crippen molar-refractivity contribution in [2.75, 3.05) is 42.9 Å². The maximum Gasteiger partial charge on any atom is 0.224 e. The largest absolute Gasteiger partial charge is 0.354 e. The molecule has 0 unspecified atom stereocenters. The Hall–Kier alpha value is -2.15. The number of aromatic nitrogens is 4. The Morgan fingerprint density at radius 2 is 1.83 bits per heavy atom. The number of nitrogens with zero attached hydrogens (tertiary/aromatic N) is 6. The first-order valence-electron chi connectivity index (χ1n) is 8.61. The van der Waals surface area contributed by atoms with Gasteiger partial charge in [-0.05, 0) is 26.8 Å². The van der Waals surface area contributed by atoms with Gasteiger partial charge in [0.1, 0.15) is 5.82 Å². The molecule has 130 valence electrons. The lowest BCUT2D eigenvalue weighted by molar-refractivity contribution is 0.246. The third-order valence-electron chi connectivity index (χ3n) is 4.42. The van der Waals surface area contributed by atoms with Crippen molar-refractivity contribution in [3.05, 3.63) is 29.2 Å². The molecule has 1 aliphatic rings. The van der Waals surface area contributed by atoms with Crippen LogP contribution in [-0.4, -0.2) is 57.4 Å². The molecular formula is C17H27N7. The minimum Gasteiger partial charge on any atom is -0.354 e. The lowest BCUT2D eigenvalue weighted by atomic mass is 10.2. The van der Waals surface area contributed by atoms with Crippen LogP contribution in [0.3, 0.4) is 0 Å². The van der Waals surface area contributed by atoms with Crippen LogP contribution >= 0.6 is 0 Å². The second-order valence-corrected chi connectivity index (χ2v) is 6.39. The Labute approximate surface area is 143 Å². The van der Waals surface area contributed by atoms with Gasteiger partial charge < -0.3 is 10.2 Å². The molecule has 1 fully saturated rings. The molecule has 7 nitrogen and oxygen atoms in total. The van der Waals surface area contributed by atoms with Crippen molar-refractivity contribution in [2.45, 2.75) is 27.3 Å². The number of aryl methyl sites for hydroxylation is 3. The number of rotatable bonds is 5. The van der Waals surface area contributed by atoms with E-state index in [-0.39, 0.29) is 0 Å². The van der Waals surface area contributed by atoms with Crippen LogP contribution in [-0.2, 0) is 13.6 Å². The van der Waals surface area contributed by atoms with E-state index in [0.29, 0.717) is 0 Å². The Morgan fingerprint density at radius 3 is 2.46 bits per heavy atom. The number of nitrogens with one attached hydrogen (secondary N) is 1. The van der Waals surface area contributed by atoms with Crippen molar-refractivity contribution in [3.63, 3.8) is 0 Å². The van der Waals surface area contributed by atoms with Crippen LogP contribution < -0.4 is 10.2 Å². The summed E-state index contributed by atoms with van der Waals surface area (Å²) in [6.45, 7) is 11.9. The highest BCUT2D eigenvalue weighted by Gasteiger charge is 2.20. The Kier molecular flexibility index (Phi) is 4.99. The molecule has 3 heterocycles. The molecule has 1 aliphatic heterocycles. The molecule has 0 radical (unpaired) electrons. The summed E-state index contributed by atoms with van der Waals surface area (Å²) in [7, 11) is 2.00. The molecule has 2 aromatic rings. The Morgan fingerprint density at radius 1 is 1.08 bits per heavy atom. The van der Waals surface area contributed by atoms with E-state index >= 15 is 0 Å². The third kappa shape index (κ3) is 3.84. The molecule has 0 saturated carbocycles. The van der Waals surface area contributed by atoms with Gasteiger partial charge in [0, 0.05) is 63.8 Å². The van der Waals surface area contributed by atoms with Gasteiger partial charge in [-0.3, -0.25) is 9.58 Å². The molecule has 3 rings (SSSR count). The Balaban J connectivity index is 1.60. The minimum absolute atomic E-state index is 0.721. The second-order valence-electron chi connectivity index (χ2n) is 6.39. The lowest BCUT2D eigenvalue weighted by Gasteiger charge is -2.35. The number of piperazine rings is 1. The molecule has 2 aromatic heterocycles. The van der Waals surface area contributed by atoms with Crippen molar-refractivity contribution in [3.8, 4) is 0 Å². The summed E-state index contributed by atoms with van der Waals surface area (Å²) >= 11 is 0. The molecule has 0 amide bonds.